The lowest BCUT2D eigenvalue weighted by Gasteiger charge is -2.10. The van der Waals surface area contributed by atoms with Gasteiger partial charge in [-0.15, -0.1) is 0 Å². The van der Waals surface area contributed by atoms with E-state index in [2.05, 4.69) is 10.3 Å². The zero-order valence-corrected chi connectivity index (χ0v) is 11.2. The molecule has 4 nitrogen and oxygen atoms in total. The van der Waals surface area contributed by atoms with Gasteiger partial charge < -0.3 is 15.8 Å². The fourth-order valence-electron chi connectivity index (χ4n) is 2.21. The number of nitrogens with zero attached hydrogens (tertiary/aromatic N) is 1. The molecule has 0 amide bonds. The van der Waals surface area contributed by atoms with Crippen molar-refractivity contribution in [3.8, 4) is 0 Å². The monoisotopic (exact) mass is 283 g/mol. The molecule has 0 bridgehead atoms. The Bertz CT molecular complexity index is 473. The van der Waals surface area contributed by atoms with Gasteiger partial charge >= 0.3 is 0 Å². The van der Waals surface area contributed by atoms with Crippen LogP contribution in [-0.4, -0.2) is 25.2 Å². The number of nitrogens with one attached hydrogen (secondary N) is 1. The zero-order chi connectivity index (χ0) is 14.4. The number of rotatable bonds is 5. The lowest BCUT2D eigenvalue weighted by molar-refractivity contribution is 0.0643. The second-order valence-corrected chi connectivity index (χ2v) is 4.79. The number of anilines is 1. The van der Waals surface area contributed by atoms with Crippen molar-refractivity contribution in [1.29, 1.82) is 0 Å². The van der Waals surface area contributed by atoms with Crippen LogP contribution in [0.1, 0.15) is 25.7 Å². The molecule has 0 atom stereocenters. The number of aliphatic imine (C=N–C) groups is 1. The molecule has 1 saturated carbocycles. The van der Waals surface area contributed by atoms with Gasteiger partial charge in [0.2, 0.25) is 0 Å². The highest BCUT2D eigenvalue weighted by Gasteiger charge is 2.14. The quantitative estimate of drug-likeness (QED) is 0.496. The number of benzene rings is 1. The fourth-order valence-corrected chi connectivity index (χ4v) is 2.21. The predicted molar refractivity (Wildman–Crippen MR) is 74.7 cm³/mol. The summed E-state index contributed by atoms with van der Waals surface area (Å²) in [5.41, 5.74) is 5.59. The Labute approximate surface area is 117 Å². The Balaban J connectivity index is 1.76. The number of hydrogen-bond donors (Lipinski definition) is 2. The third-order valence-electron chi connectivity index (χ3n) is 3.22. The summed E-state index contributed by atoms with van der Waals surface area (Å²) in [6, 6.07) is 3.12. The summed E-state index contributed by atoms with van der Waals surface area (Å²) in [6.45, 7) is 0.880. The maximum Gasteiger partial charge on any atom is 0.193 e. The standard InChI is InChI=1S/C14H19F2N3O/c15-10-5-6-12(16)13(9-10)19-14(17)18-7-8-20-11-3-1-2-4-11/h5-6,9,11H,1-4,7-8H2,(H3,17,18,19). The first-order valence-electron chi connectivity index (χ1n) is 6.79. The summed E-state index contributed by atoms with van der Waals surface area (Å²) in [4.78, 5) is 4.02. The number of halogens is 2. The first kappa shape index (κ1) is 14.7. The molecule has 1 aliphatic rings. The molecule has 2 rings (SSSR count). The Kier molecular flexibility index (Phi) is 5.29. The lowest BCUT2D eigenvalue weighted by Crippen LogP contribution is -2.24. The van der Waals surface area contributed by atoms with Gasteiger partial charge in [0.25, 0.3) is 0 Å². The van der Waals surface area contributed by atoms with E-state index in [9.17, 15) is 8.78 Å². The highest BCUT2D eigenvalue weighted by Crippen LogP contribution is 2.20. The summed E-state index contributed by atoms with van der Waals surface area (Å²) >= 11 is 0. The summed E-state index contributed by atoms with van der Waals surface area (Å²) in [6.07, 6.45) is 4.98. The van der Waals surface area contributed by atoms with E-state index < -0.39 is 11.6 Å². The molecule has 110 valence electrons. The first-order valence-corrected chi connectivity index (χ1v) is 6.79. The van der Waals surface area contributed by atoms with Crippen LogP contribution in [-0.2, 0) is 4.74 Å². The summed E-state index contributed by atoms with van der Waals surface area (Å²) in [5, 5.41) is 2.54. The van der Waals surface area contributed by atoms with Gasteiger partial charge in [-0.3, -0.25) is 4.99 Å². The SMILES string of the molecule is NC(=NCCOC1CCCC1)Nc1cc(F)ccc1F. The zero-order valence-electron chi connectivity index (χ0n) is 11.2. The molecule has 3 N–H and O–H groups in total. The van der Waals surface area contributed by atoms with Gasteiger partial charge in [0.15, 0.2) is 5.96 Å². The molecule has 0 spiro atoms. The highest BCUT2D eigenvalue weighted by atomic mass is 19.1. The molecular weight excluding hydrogens is 264 g/mol. The van der Waals surface area contributed by atoms with Crippen LogP contribution >= 0.6 is 0 Å². The van der Waals surface area contributed by atoms with E-state index in [0.29, 0.717) is 19.3 Å². The normalized spacial score (nSPS) is 16.6. The number of nitrogens with two attached hydrogens (primary N) is 1. The fraction of sp³-hybridized carbons (Fsp3) is 0.500. The second kappa shape index (κ2) is 7.19. The molecule has 1 fully saturated rings. The molecule has 1 aromatic rings. The van der Waals surface area contributed by atoms with Gasteiger partial charge in [0, 0.05) is 6.07 Å². The van der Waals surface area contributed by atoms with Gasteiger partial charge in [-0.25, -0.2) is 8.78 Å². The Morgan fingerprint density at radius 2 is 2.10 bits per heavy atom. The van der Waals surface area contributed by atoms with E-state index >= 15 is 0 Å². The van der Waals surface area contributed by atoms with Crippen molar-refractivity contribution in [2.24, 2.45) is 10.7 Å². The predicted octanol–water partition coefficient (Wildman–Crippen LogP) is 2.65. The number of guanidine groups is 1. The van der Waals surface area contributed by atoms with Crippen LogP contribution in [0.4, 0.5) is 14.5 Å². The minimum Gasteiger partial charge on any atom is -0.376 e. The summed E-state index contributed by atoms with van der Waals surface area (Å²) in [7, 11) is 0. The number of hydrogen-bond acceptors (Lipinski definition) is 2. The van der Waals surface area contributed by atoms with Gasteiger partial charge in [-0.1, -0.05) is 12.8 Å². The molecule has 6 heteroatoms. The third kappa shape index (κ3) is 4.45. The molecule has 20 heavy (non-hydrogen) atoms. The van der Waals surface area contributed by atoms with Crippen LogP contribution in [0.25, 0.3) is 0 Å². The lowest BCUT2D eigenvalue weighted by atomic mass is 10.3. The van der Waals surface area contributed by atoms with Crippen LogP contribution in [0.15, 0.2) is 23.2 Å². The Morgan fingerprint density at radius 1 is 1.35 bits per heavy atom. The average Bonchev–Trinajstić information content (AvgIpc) is 2.92. The van der Waals surface area contributed by atoms with Crippen molar-refractivity contribution < 1.29 is 13.5 Å². The molecule has 1 aliphatic carbocycles. The smallest absolute Gasteiger partial charge is 0.193 e. The molecular formula is C14H19F2N3O. The maximum absolute atomic E-state index is 13.4. The molecule has 0 unspecified atom stereocenters. The van der Waals surface area contributed by atoms with Gasteiger partial charge in [0.1, 0.15) is 11.6 Å². The van der Waals surface area contributed by atoms with Crippen molar-refractivity contribution >= 4 is 11.6 Å². The van der Waals surface area contributed by atoms with E-state index in [4.69, 9.17) is 10.5 Å². The Hall–Kier alpha value is -1.69. The van der Waals surface area contributed by atoms with Crippen LogP contribution < -0.4 is 11.1 Å². The molecule has 1 aromatic carbocycles. The summed E-state index contributed by atoms with van der Waals surface area (Å²) < 4.78 is 31.9. The van der Waals surface area contributed by atoms with Crippen LogP contribution in [0.5, 0.6) is 0 Å². The van der Waals surface area contributed by atoms with Crippen LogP contribution in [0.2, 0.25) is 0 Å². The molecule has 0 aromatic heterocycles. The average molecular weight is 283 g/mol. The Morgan fingerprint density at radius 3 is 2.85 bits per heavy atom. The molecule has 0 radical (unpaired) electrons. The number of ether oxygens (including phenoxy) is 1. The topological polar surface area (TPSA) is 59.6 Å². The maximum atomic E-state index is 13.4. The largest absolute Gasteiger partial charge is 0.376 e. The van der Waals surface area contributed by atoms with Crippen LogP contribution in [0.3, 0.4) is 0 Å². The minimum absolute atomic E-state index is 0.0250. The first-order chi connectivity index (χ1) is 9.65. The van der Waals surface area contributed by atoms with E-state index in [1.54, 1.807) is 0 Å². The molecule has 0 aliphatic heterocycles. The second-order valence-electron chi connectivity index (χ2n) is 4.79. The van der Waals surface area contributed by atoms with E-state index in [1.807, 2.05) is 0 Å². The van der Waals surface area contributed by atoms with Crippen molar-refractivity contribution in [3.63, 3.8) is 0 Å². The molecule has 0 heterocycles. The minimum atomic E-state index is -0.577. The van der Waals surface area contributed by atoms with Gasteiger partial charge in [0.05, 0.1) is 24.9 Å². The van der Waals surface area contributed by atoms with E-state index in [0.717, 1.165) is 31.0 Å². The van der Waals surface area contributed by atoms with Crippen LogP contribution in [0, 0.1) is 11.6 Å². The highest BCUT2D eigenvalue weighted by molar-refractivity contribution is 5.92. The van der Waals surface area contributed by atoms with Gasteiger partial charge in [-0.2, -0.15) is 0 Å². The van der Waals surface area contributed by atoms with Crippen molar-refractivity contribution in [3.05, 3.63) is 29.8 Å². The van der Waals surface area contributed by atoms with Crippen molar-refractivity contribution in [2.75, 3.05) is 18.5 Å². The van der Waals surface area contributed by atoms with Crippen molar-refractivity contribution in [2.45, 2.75) is 31.8 Å². The van der Waals surface area contributed by atoms with Crippen molar-refractivity contribution in [1.82, 2.24) is 0 Å². The van der Waals surface area contributed by atoms with Gasteiger partial charge in [-0.05, 0) is 25.0 Å². The molecule has 0 saturated heterocycles. The third-order valence-corrected chi connectivity index (χ3v) is 3.22. The van der Waals surface area contributed by atoms with E-state index in [-0.39, 0.29) is 11.6 Å². The summed E-state index contributed by atoms with van der Waals surface area (Å²) in [5.74, 6) is -1.07. The van der Waals surface area contributed by atoms with E-state index in [1.165, 1.54) is 12.8 Å².